The molecule has 1 fully saturated rings. The van der Waals surface area contributed by atoms with E-state index in [4.69, 9.17) is 0 Å². The van der Waals surface area contributed by atoms with Crippen molar-refractivity contribution in [3.8, 4) is 0 Å². The normalized spacial score (nSPS) is 18.6. The van der Waals surface area contributed by atoms with Gasteiger partial charge in [-0.25, -0.2) is 0 Å². The summed E-state index contributed by atoms with van der Waals surface area (Å²) >= 11 is 1.93. The molecule has 4 rings (SSSR count). The van der Waals surface area contributed by atoms with Crippen LogP contribution in [0.2, 0.25) is 0 Å². The fourth-order valence-electron chi connectivity index (χ4n) is 4.19. The number of nitrogens with zero attached hydrogens (tertiary/aromatic N) is 1. The molecule has 154 valence electrons. The molecule has 29 heavy (non-hydrogen) atoms. The molecular weight excluding hydrogens is 374 g/mol. The molecule has 3 nitrogen and oxygen atoms in total. The minimum atomic E-state index is 0.636. The van der Waals surface area contributed by atoms with Crippen molar-refractivity contribution in [1.82, 2.24) is 15.5 Å². The molecule has 0 bridgehead atoms. The van der Waals surface area contributed by atoms with E-state index in [-0.39, 0.29) is 0 Å². The summed E-state index contributed by atoms with van der Waals surface area (Å²) in [7, 11) is 0. The quantitative estimate of drug-likeness (QED) is 0.663. The van der Waals surface area contributed by atoms with Gasteiger partial charge in [-0.15, -0.1) is 11.3 Å². The highest BCUT2D eigenvalue weighted by molar-refractivity contribution is 7.13. The van der Waals surface area contributed by atoms with Crippen molar-refractivity contribution in [3.05, 3.63) is 75.1 Å². The van der Waals surface area contributed by atoms with Crippen LogP contribution in [0.3, 0.4) is 0 Å². The van der Waals surface area contributed by atoms with Crippen LogP contribution in [-0.2, 0) is 13.1 Å². The molecule has 0 atom stereocenters. The van der Waals surface area contributed by atoms with Crippen molar-refractivity contribution in [2.24, 2.45) is 0 Å². The maximum atomic E-state index is 3.81. The highest BCUT2D eigenvalue weighted by Gasteiger charge is 2.19. The second kappa shape index (κ2) is 9.75. The van der Waals surface area contributed by atoms with Crippen LogP contribution in [0.1, 0.15) is 48.4 Å². The molecule has 2 N–H and O–H groups in total. The van der Waals surface area contributed by atoms with Crippen LogP contribution >= 0.6 is 11.3 Å². The average Bonchev–Trinajstić information content (AvgIpc) is 3.23. The zero-order valence-electron chi connectivity index (χ0n) is 17.7. The van der Waals surface area contributed by atoms with Crippen LogP contribution in [0, 0.1) is 0 Å². The van der Waals surface area contributed by atoms with Crippen LogP contribution in [0.5, 0.6) is 0 Å². The summed E-state index contributed by atoms with van der Waals surface area (Å²) in [6, 6.07) is 16.1. The van der Waals surface area contributed by atoms with Gasteiger partial charge in [-0.1, -0.05) is 48.9 Å². The molecule has 0 radical (unpaired) electrons. The Morgan fingerprint density at radius 1 is 1.10 bits per heavy atom. The predicted molar refractivity (Wildman–Crippen MR) is 125 cm³/mol. The molecule has 4 heteroatoms. The molecule has 0 saturated carbocycles. The average molecular weight is 408 g/mol. The van der Waals surface area contributed by atoms with Crippen molar-refractivity contribution >= 4 is 16.9 Å². The minimum Gasteiger partial charge on any atom is -0.384 e. The molecule has 0 spiro atoms. The van der Waals surface area contributed by atoms with Gasteiger partial charge in [-0.3, -0.25) is 4.90 Å². The van der Waals surface area contributed by atoms with Crippen molar-refractivity contribution < 1.29 is 0 Å². The Morgan fingerprint density at radius 3 is 2.66 bits per heavy atom. The molecule has 0 aliphatic carbocycles. The third-order valence-electron chi connectivity index (χ3n) is 6.12. The summed E-state index contributed by atoms with van der Waals surface area (Å²) in [5, 5.41) is 7.35. The van der Waals surface area contributed by atoms with E-state index in [9.17, 15) is 0 Å². The van der Waals surface area contributed by atoms with Crippen LogP contribution in [-0.4, -0.2) is 30.6 Å². The van der Waals surface area contributed by atoms with E-state index < -0.39 is 0 Å². The monoisotopic (exact) mass is 407 g/mol. The summed E-state index contributed by atoms with van der Waals surface area (Å²) in [5.74, 6) is 0. The second-order valence-corrected chi connectivity index (χ2v) is 9.40. The SMILES string of the molecule is CCC1=CC(c2ccc(CNC3CCN(Cc4ccccc4)CC3)s2)=C(C)NC1. The van der Waals surface area contributed by atoms with E-state index in [1.165, 1.54) is 58.1 Å². The van der Waals surface area contributed by atoms with E-state index in [1.54, 1.807) is 0 Å². The largest absolute Gasteiger partial charge is 0.384 e. The number of likely N-dealkylation sites (tertiary alicyclic amines) is 1. The lowest BCUT2D eigenvalue weighted by Crippen LogP contribution is -2.41. The smallest absolute Gasteiger partial charge is 0.0363 e. The number of benzene rings is 1. The Morgan fingerprint density at radius 2 is 1.90 bits per heavy atom. The first-order chi connectivity index (χ1) is 14.2. The van der Waals surface area contributed by atoms with Gasteiger partial charge in [-0.2, -0.15) is 0 Å². The standard InChI is InChI=1S/C25H33N3S/c1-3-20-15-24(19(2)26-16-20)25-10-9-23(29-25)17-27-22-11-13-28(14-12-22)18-21-7-5-4-6-8-21/h4-10,15,22,26-27H,3,11-14,16-18H2,1-2H3. The number of thiophene rings is 1. The zero-order chi connectivity index (χ0) is 20.1. The first-order valence-corrected chi connectivity index (χ1v) is 11.8. The third-order valence-corrected chi connectivity index (χ3v) is 7.23. The van der Waals surface area contributed by atoms with Gasteiger partial charge in [0, 0.05) is 46.7 Å². The molecule has 1 aromatic heterocycles. The van der Waals surface area contributed by atoms with Crippen LogP contribution < -0.4 is 10.6 Å². The maximum absolute atomic E-state index is 3.81. The number of hydrogen-bond acceptors (Lipinski definition) is 4. The number of dihydropyridines is 1. The highest BCUT2D eigenvalue weighted by Crippen LogP contribution is 2.30. The second-order valence-electron chi connectivity index (χ2n) is 8.23. The summed E-state index contributed by atoms with van der Waals surface area (Å²) in [5.41, 5.74) is 5.58. The van der Waals surface area contributed by atoms with Gasteiger partial charge in [0.05, 0.1) is 0 Å². The van der Waals surface area contributed by atoms with Gasteiger partial charge in [0.15, 0.2) is 0 Å². The van der Waals surface area contributed by atoms with Gasteiger partial charge in [0.25, 0.3) is 0 Å². The lowest BCUT2D eigenvalue weighted by Gasteiger charge is -2.32. The van der Waals surface area contributed by atoms with Crippen molar-refractivity contribution in [2.75, 3.05) is 19.6 Å². The van der Waals surface area contributed by atoms with Crippen molar-refractivity contribution in [2.45, 2.75) is 52.2 Å². The van der Waals surface area contributed by atoms with E-state index in [1.807, 2.05) is 11.3 Å². The van der Waals surface area contributed by atoms with E-state index in [2.05, 4.69) is 77.9 Å². The number of allylic oxidation sites excluding steroid dienone is 3. The van der Waals surface area contributed by atoms with E-state index >= 15 is 0 Å². The number of rotatable bonds is 7. The topological polar surface area (TPSA) is 27.3 Å². The van der Waals surface area contributed by atoms with Gasteiger partial charge in [0.2, 0.25) is 0 Å². The van der Waals surface area contributed by atoms with Crippen molar-refractivity contribution in [3.63, 3.8) is 0 Å². The van der Waals surface area contributed by atoms with Gasteiger partial charge in [0.1, 0.15) is 0 Å². The fourth-order valence-corrected chi connectivity index (χ4v) is 5.22. The fraction of sp³-hybridized carbons (Fsp3) is 0.440. The lowest BCUT2D eigenvalue weighted by molar-refractivity contribution is 0.190. The first-order valence-electron chi connectivity index (χ1n) is 10.9. The van der Waals surface area contributed by atoms with E-state index in [0.29, 0.717) is 6.04 Å². The number of piperidine rings is 1. The Labute approximate surface area is 179 Å². The van der Waals surface area contributed by atoms with E-state index in [0.717, 1.165) is 26.1 Å². The zero-order valence-corrected chi connectivity index (χ0v) is 18.5. The van der Waals surface area contributed by atoms with Gasteiger partial charge in [-0.05, 0) is 57.0 Å². The molecular formula is C25H33N3S. The van der Waals surface area contributed by atoms with Gasteiger partial charge >= 0.3 is 0 Å². The summed E-state index contributed by atoms with van der Waals surface area (Å²) in [6.07, 6.45) is 5.98. The maximum Gasteiger partial charge on any atom is 0.0363 e. The molecule has 1 aromatic carbocycles. The Balaban J connectivity index is 1.26. The highest BCUT2D eigenvalue weighted by atomic mass is 32.1. The van der Waals surface area contributed by atoms with Gasteiger partial charge < -0.3 is 10.6 Å². The minimum absolute atomic E-state index is 0.636. The predicted octanol–water partition coefficient (Wildman–Crippen LogP) is 5.17. The summed E-state index contributed by atoms with van der Waals surface area (Å²) in [4.78, 5) is 5.40. The molecule has 3 heterocycles. The van der Waals surface area contributed by atoms with Crippen LogP contribution in [0.4, 0.5) is 0 Å². The van der Waals surface area contributed by atoms with Crippen LogP contribution in [0.15, 0.2) is 59.8 Å². The molecule has 2 aliphatic rings. The third kappa shape index (κ3) is 5.39. The Kier molecular flexibility index (Phi) is 6.86. The molecule has 0 unspecified atom stereocenters. The van der Waals surface area contributed by atoms with Crippen molar-refractivity contribution in [1.29, 1.82) is 0 Å². The molecule has 1 saturated heterocycles. The Hall–Kier alpha value is -1.88. The summed E-state index contributed by atoms with van der Waals surface area (Å²) in [6.45, 7) is 9.86. The first kappa shape index (κ1) is 20.4. The lowest BCUT2D eigenvalue weighted by atomic mass is 10.0. The van der Waals surface area contributed by atoms with Crippen LogP contribution in [0.25, 0.3) is 5.57 Å². The Bertz CT molecular complexity index is 857. The number of nitrogens with one attached hydrogen (secondary N) is 2. The molecule has 0 amide bonds. The summed E-state index contributed by atoms with van der Waals surface area (Å²) < 4.78 is 0. The molecule has 2 aliphatic heterocycles. The molecule has 2 aromatic rings. The number of hydrogen-bond donors (Lipinski definition) is 2.